The van der Waals surface area contributed by atoms with Crippen molar-refractivity contribution in [3.05, 3.63) is 54.0 Å². The first-order valence-electron chi connectivity index (χ1n) is 7.48. The zero-order valence-electron chi connectivity index (χ0n) is 12.7. The predicted molar refractivity (Wildman–Crippen MR) is 86.2 cm³/mol. The van der Waals surface area contributed by atoms with Gasteiger partial charge in [-0.25, -0.2) is 0 Å². The van der Waals surface area contributed by atoms with E-state index in [4.69, 9.17) is 5.73 Å². The van der Waals surface area contributed by atoms with Crippen molar-refractivity contribution in [1.82, 2.24) is 14.3 Å². The molecule has 1 aromatic carbocycles. The lowest BCUT2D eigenvalue weighted by Gasteiger charge is -2.06. The van der Waals surface area contributed by atoms with Crippen molar-refractivity contribution in [3.63, 3.8) is 0 Å². The molecule has 0 bridgehead atoms. The van der Waals surface area contributed by atoms with Gasteiger partial charge in [0.1, 0.15) is 0 Å². The molecule has 0 aliphatic heterocycles. The third-order valence-electron chi connectivity index (χ3n) is 3.98. The Morgan fingerprint density at radius 2 is 2.05 bits per heavy atom. The fraction of sp³-hybridized carbons (Fsp3) is 0.353. The van der Waals surface area contributed by atoms with Crippen LogP contribution in [0.15, 0.2) is 42.7 Å². The monoisotopic (exact) mass is 282 g/mol. The first-order chi connectivity index (χ1) is 10.2. The Morgan fingerprint density at radius 3 is 2.76 bits per heavy atom. The minimum atomic E-state index is 0.221. The molecule has 2 N–H and O–H groups in total. The fourth-order valence-electron chi connectivity index (χ4n) is 2.77. The smallest absolute Gasteiger partial charge is 0.0821 e. The lowest BCUT2D eigenvalue weighted by molar-refractivity contribution is 0.646. The Bertz CT molecular complexity index is 738. The molecular weight excluding hydrogens is 260 g/mol. The van der Waals surface area contributed by atoms with E-state index < -0.39 is 0 Å². The summed E-state index contributed by atoms with van der Waals surface area (Å²) in [5.41, 5.74) is 9.79. The Morgan fingerprint density at radius 1 is 1.24 bits per heavy atom. The van der Waals surface area contributed by atoms with Gasteiger partial charge in [-0.05, 0) is 30.5 Å². The highest BCUT2D eigenvalue weighted by Gasteiger charge is 2.11. The number of hydrogen-bond donors (Lipinski definition) is 1. The van der Waals surface area contributed by atoms with Gasteiger partial charge in [0.25, 0.3) is 0 Å². The van der Waals surface area contributed by atoms with Crippen molar-refractivity contribution in [3.8, 4) is 0 Å². The van der Waals surface area contributed by atoms with Gasteiger partial charge in [-0.3, -0.25) is 4.68 Å². The summed E-state index contributed by atoms with van der Waals surface area (Å²) < 4.78 is 4.12. The van der Waals surface area contributed by atoms with Crippen LogP contribution in [-0.4, -0.2) is 20.4 Å². The summed E-state index contributed by atoms with van der Waals surface area (Å²) in [5.74, 6) is 0. The topological polar surface area (TPSA) is 48.8 Å². The number of benzene rings is 1. The highest BCUT2D eigenvalue weighted by molar-refractivity contribution is 5.84. The van der Waals surface area contributed by atoms with Crippen LogP contribution in [0.4, 0.5) is 0 Å². The third kappa shape index (κ3) is 2.85. The van der Waals surface area contributed by atoms with E-state index >= 15 is 0 Å². The number of aryl methyl sites for hydroxylation is 1. The standard InChI is InChI=1S/C17H22N4/c1-3-14(18)10-13-11-21(12-15-8-9-20(2)19-15)17-7-5-4-6-16(13)17/h4-9,11,14H,3,10,12,18H2,1-2H3. The normalized spacial score (nSPS) is 12.9. The maximum absolute atomic E-state index is 6.14. The van der Waals surface area contributed by atoms with Crippen molar-refractivity contribution < 1.29 is 0 Å². The average molecular weight is 282 g/mol. The third-order valence-corrected chi connectivity index (χ3v) is 3.98. The molecule has 0 amide bonds. The van der Waals surface area contributed by atoms with Crippen LogP contribution in [0.25, 0.3) is 10.9 Å². The molecule has 3 aromatic rings. The number of fused-ring (bicyclic) bond motifs is 1. The minimum absolute atomic E-state index is 0.221. The summed E-state index contributed by atoms with van der Waals surface area (Å²) in [6.07, 6.45) is 6.13. The first-order valence-corrected chi connectivity index (χ1v) is 7.48. The molecule has 3 rings (SSSR count). The van der Waals surface area contributed by atoms with Crippen LogP contribution in [0, 0.1) is 0 Å². The number of nitrogens with two attached hydrogens (primary N) is 1. The summed E-state index contributed by atoms with van der Waals surface area (Å²) in [5, 5.41) is 5.77. The second-order valence-corrected chi connectivity index (χ2v) is 5.65. The molecule has 0 saturated heterocycles. The summed E-state index contributed by atoms with van der Waals surface area (Å²) in [6, 6.07) is 10.8. The molecule has 2 heterocycles. The summed E-state index contributed by atoms with van der Waals surface area (Å²) >= 11 is 0. The summed E-state index contributed by atoms with van der Waals surface area (Å²) in [4.78, 5) is 0. The maximum Gasteiger partial charge on any atom is 0.0821 e. The minimum Gasteiger partial charge on any atom is -0.341 e. The lowest BCUT2D eigenvalue weighted by atomic mass is 10.0. The van der Waals surface area contributed by atoms with Gasteiger partial charge in [-0.2, -0.15) is 5.10 Å². The molecule has 0 aliphatic carbocycles. The van der Waals surface area contributed by atoms with Crippen LogP contribution in [0.5, 0.6) is 0 Å². The van der Waals surface area contributed by atoms with E-state index in [0.717, 1.165) is 25.1 Å². The number of hydrogen-bond acceptors (Lipinski definition) is 2. The quantitative estimate of drug-likeness (QED) is 0.782. The van der Waals surface area contributed by atoms with Gasteiger partial charge in [0.05, 0.1) is 12.2 Å². The van der Waals surface area contributed by atoms with Crippen molar-refractivity contribution in [1.29, 1.82) is 0 Å². The Hall–Kier alpha value is -2.07. The molecule has 21 heavy (non-hydrogen) atoms. The molecule has 0 radical (unpaired) electrons. The van der Waals surface area contributed by atoms with Crippen LogP contribution < -0.4 is 5.73 Å². The highest BCUT2D eigenvalue weighted by Crippen LogP contribution is 2.23. The molecule has 0 fully saturated rings. The Kier molecular flexibility index (Phi) is 3.80. The molecule has 1 unspecified atom stereocenters. The maximum atomic E-state index is 6.14. The SMILES string of the molecule is CCC(N)Cc1cn(Cc2ccn(C)n2)c2ccccc12. The van der Waals surface area contributed by atoms with Gasteiger partial charge < -0.3 is 10.3 Å². The number of aromatic nitrogens is 3. The highest BCUT2D eigenvalue weighted by atomic mass is 15.3. The second kappa shape index (κ2) is 5.74. The van der Waals surface area contributed by atoms with Gasteiger partial charge in [0.2, 0.25) is 0 Å². The second-order valence-electron chi connectivity index (χ2n) is 5.65. The molecule has 1 atom stereocenters. The van der Waals surface area contributed by atoms with Crippen molar-refractivity contribution >= 4 is 10.9 Å². The fourth-order valence-corrected chi connectivity index (χ4v) is 2.77. The number of rotatable bonds is 5. The van der Waals surface area contributed by atoms with Crippen LogP contribution in [0.3, 0.4) is 0 Å². The van der Waals surface area contributed by atoms with E-state index in [9.17, 15) is 0 Å². The van der Waals surface area contributed by atoms with Crippen molar-refractivity contribution in [2.75, 3.05) is 0 Å². The molecule has 4 nitrogen and oxygen atoms in total. The zero-order chi connectivity index (χ0) is 14.8. The van der Waals surface area contributed by atoms with Gasteiger partial charge in [-0.15, -0.1) is 0 Å². The number of nitrogens with zero attached hydrogens (tertiary/aromatic N) is 3. The molecule has 4 heteroatoms. The van der Waals surface area contributed by atoms with Gasteiger partial charge >= 0.3 is 0 Å². The lowest BCUT2D eigenvalue weighted by Crippen LogP contribution is -2.21. The molecule has 2 aromatic heterocycles. The zero-order valence-corrected chi connectivity index (χ0v) is 12.7. The van der Waals surface area contributed by atoms with Gasteiger partial charge in [-0.1, -0.05) is 25.1 Å². The van der Waals surface area contributed by atoms with Gasteiger partial charge in [0, 0.05) is 36.4 Å². The molecule has 0 saturated carbocycles. The summed E-state index contributed by atoms with van der Waals surface area (Å²) in [7, 11) is 1.95. The largest absolute Gasteiger partial charge is 0.341 e. The van der Waals surface area contributed by atoms with Crippen LogP contribution in [-0.2, 0) is 20.0 Å². The van der Waals surface area contributed by atoms with E-state index in [2.05, 4.69) is 53.1 Å². The van der Waals surface area contributed by atoms with Gasteiger partial charge in [0.15, 0.2) is 0 Å². The van der Waals surface area contributed by atoms with E-state index in [1.54, 1.807) is 0 Å². The average Bonchev–Trinajstić information content (AvgIpc) is 3.04. The van der Waals surface area contributed by atoms with E-state index in [0.29, 0.717) is 0 Å². The van der Waals surface area contributed by atoms with Crippen molar-refractivity contribution in [2.45, 2.75) is 32.4 Å². The molecule has 0 spiro atoms. The van der Waals surface area contributed by atoms with Crippen molar-refractivity contribution in [2.24, 2.45) is 12.8 Å². The predicted octanol–water partition coefficient (Wildman–Crippen LogP) is 2.70. The molecule has 110 valence electrons. The first kappa shape index (κ1) is 13.9. The molecular formula is C17H22N4. The van der Waals surface area contributed by atoms with E-state index in [1.165, 1.54) is 16.5 Å². The van der Waals surface area contributed by atoms with Crippen LogP contribution in [0.2, 0.25) is 0 Å². The summed E-state index contributed by atoms with van der Waals surface area (Å²) in [6.45, 7) is 2.93. The van der Waals surface area contributed by atoms with Crippen LogP contribution >= 0.6 is 0 Å². The van der Waals surface area contributed by atoms with Crippen LogP contribution in [0.1, 0.15) is 24.6 Å². The molecule has 0 aliphatic rings. The van der Waals surface area contributed by atoms with E-state index in [1.807, 2.05) is 17.9 Å². The van der Waals surface area contributed by atoms with E-state index in [-0.39, 0.29) is 6.04 Å². The Balaban J connectivity index is 1.98. The number of para-hydroxylation sites is 1. The Labute approximate surface area is 125 Å².